The standard InChI is InChI=1S/C13H18F3N3O2/c1-8(2)19(7-9(3)20)12(21)18-10-4-5-11(17-6-10)13(14,15)16/h4-6,8-9,20H,7H2,1-3H3,(H,18,21). The molecule has 0 saturated heterocycles. The fourth-order valence-corrected chi connectivity index (χ4v) is 1.64. The summed E-state index contributed by atoms with van der Waals surface area (Å²) in [6.07, 6.45) is -4.27. The number of hydrogen-bond acceptors (Lipinski definition) is 3. The quantitative estimate of drug-likeness (QED) is 0.899. The smallest absolute Gasteiger partial charge is 0.392 e. The number of nitrogens with one attached hydrogen (secondary N) is 1. The number of urea groups is 1. The third-order valence-corrected chi connectivity index (χ3v) is 2.65. The highest BCUT2D eigenvalue weighted by atomic mass is 19.4. The van der Waals surface area contributed by atoms with Crippen LogP contribution in [0.1, 0.15) is 26.5 Å². The minimum Gasteiger partial charge on any atom is -0.392 e. The highest BCUT2D eigenvalue weighted by Gasteiger charge is 2.32. The van der Waals surface area contributed by atoms with Gasteiger partial charge in [-0.25, -0.2) is 9.78 Å². The molecule has 1 aromatic heterocycles. The number of pyridine rings is 1. The van der Waals surface area contributed by atoms with Gasteiger partial charge in [0.25, 0.3) is 0 Å². The van der Waals surface area contributed by atoms with Gasteiger partial charge in [0.05, 0.1) is 18.0 Å². The van der Waals surface area contributed by atoms with Gasteiger partial charge in [-0.3, -0.25) is 0 Å². The summed E-state index contributed by atoms with van der Waals surface area (Å²) in [7, 11) is 0. The summed E-state index contributed by atoms with van der Waals surface area (Å²) >= 11 is 0. The molecule has 0 aliphatic carbocycles. The predicted octanol–water partition coefficient (Wildman–Crippen LogP) is 2.72. The highest BCUT2D eigenvalue weighted by molar-refractivity contribution is 5.89. The second-order valence-corrected chi connectivity index (χ2v) is 4.96. The van der Waals surface area contributed by atoms with Crippen LogP contribution in [0.2, 0.25) is 0 Å². The largest absolute Gasteiger partial charge is 0.433 e. The van der Waals surface area contributed by atoms with Gasteiger partial charge in [0.2, 0.25) is 0 Å². The maximum Gasteiger partial charge on any atom is 0.433 e. The average Bonchev–Trinajstić information content (AvgIpc) is 2.34. The van der Waals surface area contributed by atoms with Crippen molar-refractivity contribution in [2.75, 3.05) is 11.9 Å². The van der Waals surface area contributed by atoms with Gasteiger partial charge in [0, 0.05) is 12.6 Å². The van der Waals surface area contributed by atoms with Crippen molar-refractivity contribution >= 4 is 11.7 Å². The van der Waals surface area contributed by atoms with Crippen LogP contribution in [0.5, 0.6) is 0 Å². The van der Waals surface area contributed by atoms with Gasteiger partial charge in [0.15, 0.2) is 0 Å². The van der Waals surface area contributed by atoms with Crippen molar-refractivity contribution in [2.45, 2.75) is 39.1 Å². The van der Waals surface area contributed by atoms with Crippen LogP contribution in [0, 0.1) is 0 Å². The molecule has 0 aliphatic rings. The maximum absolute atomic E-state index is 12.4. The molecular formula is C13H18F3N3O2. The number of halogens is 3. The molecule has 1 atom stereocenters. The Balaban J connectivity index is 2.77. The van der Waals surface area contributed by atoms with Crippen LogP contribution in [0.15, 0.2) is 18.3 Å². The van der Waals surface area contributed by atoms with Gasteiger partial charge >= 0.3 is 12.2 Å². The first-order valence-electron chi connectivity index (χ1n) is 6.40. The predicted molar refractivity (Wildman–Crippen MR) is 71.8 cm³/mol. The fourth-order valence-electron chi connectivity index (χ4n) is 1.64. The van der Waals surface area contributed by atoms with E-state index in [-0.39, 0.29) is 18.3 Å². The first-order chi connectivity index (χ1) is 9.61. The zero-order valence-electron chi connectivity index (χ0n) is 12.0. The minimum atomic E-state index is -4.52. The Morgan fingerprint density at radius 1 is 1.38 bits per heavy atom. The zero-order valence-corrected chi connectivity index (χ0v) is 12.0. The van der Waals surface area contributed by atoms with Gasteiger partial charge < -0.3 is 15.3 Å². The fraction of sp³-hybridized carbons (Fsp3) is 0.538. The van der Waals surface area contributed by atoms with E-state index in [1.165, 1.54) is 4.90 Å². The Morgan fingerprint density at radius 3 is 2.38 bits per heavy atom. The number of aliphatic hydroxyl groups is 1. The molecule has 2 N–H and O–H groups in total. The molecule has 0 radical (unpaired) electrons. The van der Waals surface area contributed by atoms with E-state index in [0.717, 1.165) is 18.3 Å². The molecule has 1 unspecified atom stereocenters. The van der Waals surface area contributed by atoms with Crippen LogP contribution in [-0.2, 0) is 6.18 Å². The summed E-state index contributed by atoms with van der Waals surface area (Å²) in [6.45, 7) is 5.21. The molecule has 0 aliphatic heterocycles. The molecule has 8 heteroatoms. The lowest BCUT2D eigenvalue weighted by molar-refractivity contribution is -0.141. The molecule has 1 heterocycles. The van der Waals surface area contributed by atoms with Crippen molar-refractivity contribution in [3.05, 3.63) is 24.0 Å². The highest BCUT2D eigenvalue weighted by Crippen LogP contribution is 2.27. The van der Waals surface area contributed by atoms with Gasteiger partial charge in [-0.15, -0.1) is 0 Å². The molecule has 21 heavy (non-hydrogen) atoms. The third kappa shape index (κ3) is 5.22. The minimum absolute atomic E-state index is 0.123. The second-order valence-electron chi connectivity index (χ2n) is 4.96. The van der Waals surface area contributed by atoms with Crippen LogP contribution in [0.25, 0.3) is 0 Å². The van der Waals surface area contributed by atoms with Gasteiger partial charge in [0.1, 0.15) is 5.69 Å². The number of anilines is 1. The first kappa shape index (κ1) is 17.2. The lowest BCUT2D eigenvalue weighted by Gasteiger charge is -2.28. The number of amides is 2. The summed E-state index contributed by atoms with van der Waals surface area (Å²) in [6, 6.07) is 1.26. The average molecular weight is 305 g/mol. The van der Waals surface area contributed by atoms with E-state index in [0.29, 0.717) is 0 Å². The number of hydrogen-bond donors (Lipinski definition) is 2. The van der Waals surface area contributed by atoms with Gasteiger partial charge in [-0.05, 0) is 32.9 Å². The van der Waals surface area contributed by atoms with E-state index < -0.39 is 24.0 Å². The van der Waals surface area contributed by atoms with Gasteiger partial charge in [-0.1, -0.05) is 0 Å². The Bertz CT molecular complexity index is 473. The Labute approximate surface area is 120 Å². The number of nitrogens with zero attached hydrogens (tertiary/aromatic N) is 2. The molecule has 0 fully saturated rings. The van der Waals surface area contributed by atoms with E-state index in [4.69, 9.17) is 0 Å². The molecule has 1 rings (SSSR count). The first-order valence-corrected chi connectivity index (χ1v) is 6.40. The number of rotatable bonds is 4. The van der Waals surface area contributed by atoms with E-state index in [1.807, 2.05) is 0 Å². The summed E-state index contributed by atoms with van der Waals surface area (Å²) in [5.74, 6) is 0. The number of carbonyl (C=O) groups excluding carboxylic acids is 1. The molecule has 0 saturated carbocycles. The van der Waals surface area contributed by atoms with E-state index in [9.17, 15) is 23.1 Å². The SMILES string of the molecule is CC(O)CN(C(=O)Nc1ccc(C(F)(F)F)nc1)C(C)C. The Hall–Kier alpha value is -1.83. The van der Waals surface area contributed by atoms with Crippen molar-refractivity contribution in [1.82, 2.24) is 9.88 Å². The normalized spacial score (nSPS) is 13.1. The summed E-state index contributed by atoms with van der Waals surface area (Å²) in [5, 5.41) is 11.8. The van der Waals surface area contributed by atoms with Crippen LogP contribution >= 0.6 is 0 Å². The van der Waals surface area contributed by atoms with E-state index in [1.54, 1.807) is 20.8 Å². The Morgan fingerprint density at radius 2 is 2.00 bits per heavy atom. The van der Waals surface area contributed by atoms with Crippen LogP contribution in [0.3, 0.4) is 0 Å². The molecule has 1 aromatic rings. The van der Waals surface area contributed by atoms with Crippen molar-refractivity contribution < 1.29 is 23.1 Å². The van der Waals surface area contributed by atoms with Crippen LogP contribution in [0.4, 0.5) is 23.7 Å². The maximum atomic E-state index is 12.4. The number of aromatic nitrogens is 1. The van der Waals surface area contributed by atoms with Crippen LogP contribution < -0.4 is 5.32 Å². The van der Waals surface area contributed by atoms with E-state index >= 15 is 0 Å². The third-order valence-electron chi connectivity index (χ3n) is 2.65. The van der Waals surface area contributed by atoms with Crippen molar-refractivity contribution in [1.29, 1.82) is 0 Å². The van der Waals surface area contributed by atoms with E-state index in [2.05, 4.69) is 10.3 Å². The zero-order chi connectivity index (χ0) is 16.2. The van der Waals surface area contributed by atoms with Crippen molar-refractivity contribution in [3.8, 4) is 0 Å². The molecule has 0 aromatic carbocycles. The summed E-state index contributed by atoms with van der Waals surface area (Å²) < 4.78 is 37.1. The number of aliphatic hydroxyl groups excluding tert-OH is 1. The lowest BCUT2D eigenvalue weighted by Crippen LogP contribution is -2.43. The molecule has 2 amide bonds. The molecular weight excluding hydrogens is 287 g/mol. The van der Waals surface area contributed by atoms with Crippen molar-refractivity contribution in [3.63, 3.8) is 0 Å². The lowest BCUT2D eigenvalue weighted by atomic mass is 10.3. The molecule has 0 spiro atoms. The monoisotopic (exact) mass is 305 g/mol. The topological polar surface area (TPSA) is 65.5 Å². The summed E-state index contributed by atoms with van der Waals surface area (Å²) in [5.41, 5.74) is -0.866. The molecule has 5 nitrogen and oxygen atoms in total. The number of carbonyl (C=O) groups is 1. The number of alkyl halides is 3. The Kier molecular flexibility index (Phi) is 5.54. The van der Waals surface area contributed by atoms with Gasteiger partial charge in [-0.2, -0.15) is 13.2 Å². The molecule has 118 valence electrons. The second kappa shape index (κ2) is 6.75. The van der Waals surface area contributed by atoms with Crippen LogP contribution in [-0.4, -0.2) is 39.7 Å². The van der Waals surface area contributed by atoms with Crippen molar-refractivity contribution in [2.24, 2.45) is 0 Å². The summed E-state index contributed by atoms with van der Waals surface area (Å²) in [4.78, 5) is 16.7. The molecule has 0 bridgehead atoms.